The monoisotopic (exact) mass is 253 g/mol. The fourth-order valence-electron chi connectivity index (χ4n) is 1.67. The van der Waals surface area contributed by atoms with Gasteiger partial charge in [0.25, 0.3) is 0 Å². The van der Waals surface area contributed by atoms with Gasteiger partial charge in [-0.05, 0) is 19.8 Å². The molecule has 1 fully saturated rings. The van der Waals surface area contributed by atoms with Crippen LogP contribution in [0.1, 0.15) is 30.0 Å². The largest absolute Gasteiger partial charge is 0.340 e. The van der Waals surface area contributed by atoms with Crippen LogP contribution in [-0.4, -0.2) is 35.4 Å². The van der Waals surface area contributed by atoms with Crippen LogP contribution in [-0.2, 0) is 11.3 Å². The third-order valence-electron chi connectivity index (χ3n) is 2.84. The molecule has 0 spiro atoms. The SMILES string of the molecule is Cc1nc(CN(C)C(=O)CCNC2CC2)cs1. The van der Waals surface area contributed by atoms with Crippen molar-refractivity contribution >= 4 is 17.2 Å². The van der Waals surface area contributed by atoms with Gasteiger partial charge < -0.3 is 10.2 Å². The normalized spacial score (nSPS) is 14.9. The van der Waals surface area contributed by atoms with Crippen molar-refractivity contribution < 1.29 is 4.79 Å². The summed E-state index contributed by atoms with van der Waals surface area (Å²) in [5, 5.41) is 6.42. The van der Waals surface area contributed by atoms with Crippen molar-refractivity contribution in [1.29, 1.82) is 0 Å². The first kappa shape index (κ1) is 12.5. The van der Waals surface area contributed by atoms with Gasteiger partial charge in [0, 0.05) is 31.4 Å². The Morgan fingerprint density at radius 1 is 1.65 bits per heavy atom. The second-order valence-electron chi connectivity index (χ2n) is 4.59. The summed E-state index contributed by atoms with van der Waals surface area (Å²) >= 11 is 1.63. The number of nitrogens with one attached hydrogen (secondary N) is 1. The quantitative estimate of drug-likeness (QED) is 0.836. The minimum atomic E-state index is 0.184. The van der Waals surface area contributed by atoms with Crippen molar-refractivity contribution in [2.75, 3.05) is 13.6 Å². The molecule has 0 radical (unpaired) electrons. The van der Waals surface area contributed by atoms with Crippen molar-refractivity contribution in [1.82, 2.24) is 15.2 Å². The Labute approximate surface area is 106 Å². The number of hydrogen-bond donors (Lipinski definition) is 1. The lowest BCUT2D eigenvalue weighted by atomic mass is 10.3. The second kappa shape index (κ2) is 5.60. The molecule has 0 aliphatic heterocycles. The number of carbonyl (C=O) groups is 1. The van der Waals surface area contributed by atoms with Gasteiger partial charge in [-0.25, -0.2) is 4.98 Å². The van der Waals surface area contributed by atoms with Gasteiger partial charge in [-0.2, -0.15) is 0 Å². The molecular formula is C12H19N3OS. The molecule has 2 rings (SSSR count). The van der Waals surface area contributed by atoms with E-state index in [1.165, 1.54) is 12.8 Å². The lowest BCUT2D eigenvalue weighted by molar-refractivity contribution is -0.130. The van der Waals surface area contributed by atoms with E-state index >= 15 is 0 Å². The van der Waals surface area contributed by atoms with E-state index in [2.05, 4.69) is 10.3 Å². The van der Waals surface area contributed by atoms with Crippen LogP contribution in [0.25, 0.3) is 0 Å². The first-order valence-electron chi connectivity index (χ1n) is 6.03. The highest BCUT2D eigenvalue weighted by Crippen LogP contribution is 2.18. The number of hydrogen-bond acceptors (Lipinski definition) is 4. The van der Waals surface area contributed by atoms with Crippen LogP contribution in [0.4, 0.5) is 0 Å². The Bertz CT molecular complexity index is 387. The van der Waals surface area contributed by atoms with Crippen molar-refractivity contribution in [2.45, 2.75) is 38.8 Å². The Morgan fingerprint density at radius 2 is 2.41 bits per heavy atom. The molecule has 17 heavy (non-hydrogen) atoms. The Balaban J connectivity index is 1.70. The highest BCUT2D eigenvalue weighted by Gasteiger charge is 2.20. The van der Waals surface area contributed by atoms with E-state index in [9.17, 15) is 4.79 Å². The van der Waals surface area contributed by atoms with E-state index in [0.717, 1.165) is 17.2 Å². The molecule has 1 amide bonds. The fraction of sp³-hybridized carbons (Fsp3) is 0.667. The summed E-state index contributed by atoms with van der Waals surface area (Å²) in [4.78, 5) is 17.9. The van der Waals surface area contributed by atoms with Crippen molar-refractivity contribution in [3.8, 4) is 0 Å². The van der Waals surface area contributed by atoms with Gasteiger partial charge in [-0.1, -0.05) is 0 Å². The summed E-state index contributed by atoms with van der Waals surface area (Å²) < 4.78 is 0. The summed E-state index contributed by atoms with van der Waals surface area (Å²) in [5.74, 6) is 0.184. The van der Waals surface area contributed by atoms with Crippen LogP contribution in [0.15, 0.2) is 5.38 Å². The van der Waals surface area contributed by atoms with Crippen LogP contribution in [0, 0.1) is 6.92 Å². The first-order valence-corrected chi connectivity index (χ1v) is 6.91. The molecule has 0 unspecified atom stereocenters. The molecule has 5 heteroatoms. The molecule has 0 bridgehead atoms. The summed E-state index contributed by atoms with van der Waals surface area (Å²) in [6, 6.07) is 0.675. The average Bonchev–Trinajstić information content (AvgIpc) is 3.02. The number of rotatable bonds is 6. The number of thiazole rings is 1. The first-order chi connectivity index (χ1) is 8.15. The molecule has 1 aromatic rings. The molecule has 1 N–H and O–H groups in total. The van der Waals surface area contributed by atoms with Crippen molar-refractivity contribution in [3.63, 3.8) is 0 Å². The van der Waals surface area contributed by atoms with Crippen LogP contribution < -0.4 is 5.32 Å². The Hall–Kier alpha value is -0.940. The standard InChI is InChI=1S/C12H19N3OS/c1-9-14-11(8-17-9)7-15(2)12(16)5-6-13-10-3-4-10/h8,10,13H,3-7H2,1-2H3. The van der Waals surface area contributed by atoms with E-state index in [1.54, 1.807) is 16.2 Å². The van der Waals surface area contributed by atoms with Gasteiger partial charge in [0.2, 0.25) is 5.91 Å². The fourth-order valence-corrected chi connectivity index (χ4v) is 2.28. The Morgan fingerprint density at radius 3 is 3.00 bits per heavy atom. The maximum atomic E-state index is 11.8. The van der Waals surface area contributed by atoms with E-state index in [0.29, 0.717) is 19.0 Å². The van der Waals surface area contributed by atoms with E-state index in [-0.39, 0.29) is 5.91 Å². The molecule has 4 nitrogen and oxygen atoms in total. The zero-order valence-electron chi connectivity index (χ0n) is 10.4. The summed E-state index contributed by atoms with van der Waals surface area (Å²) in [7, 11) is 1.84. The maximum absolute atomic E-state index is 11.8. The molecule has 0 atom stereocenters. The zero-order valence-corrected chi connectivity index (χ0v) is 11.2. The number of carbonyl (C=O) groups excluding carboxylic acids is 1. The van der Waals surface area contributed by atoms with Gasteiger partial charge in [-0.3, -0.25) is 4.79 Å². The molecule has 0 aromatic carbocycles. The molecule has 0 saturated heterocycles. The third kappa shape index (κ3) is 4.09. The topological polar surface area (TPSA) is 45.2 Å². The predicted octanol–water partition coefficient (Wildman–Crippen LogP) is 1.55. The molecule has 1 aliphatic carbocycles. The highest BCUT2D eigenvalue weighted by atomic mass is 32.1. The smallest absolute Gasteiger partial charge is 0.223 e. The molecule has 1 saturated carbocycles. The highest BCUT2D eigenvalue weighted by molar-refractivity contribution is 7.09. The number of amides is 1. The van der Waals surface area contributed by atoms with Gasteiger partial charge >= 0.3 is 0 Å². The zero-order chi connectivity index (χ0) is 12.3. The van der Waals surface area contributed by atoms with Gasteiger partial charge in [0.15, 0.2) is 0 Å². The minimum Gasteiger partial charge on any atom is -0.340 e. The summed E-state index contributed by atoms with van der Waals surface area (Å²) in [6.45, 7) is 3.39. The predicted molar refractivity (Wildman–Crippen MR) is 69.0 cm³/mol. The Kier molecular flexibility index (Phi) is 4.12. The second-order valence-corrected chi connectivity index (χ2v) is 5.65. The maximum Gasteiger partial charge on any atom is 0.223 e. The molecular weight excluding hydrogens is 234 g/mol. The number of aromatic nitrogens is 1. The van der Waals surface area contributed by atoms with E-state index < -0.39 is 0 Å². The van der Waals surface area contributed by atoms with Gasteiger partial charge in [0.1, 0.15) is 0 Å². The van der Waals surface area contributed by atoms with Crippen LogP contribution in [0.5, 0.6) is 0 Å². The van der Waals surface area contributed by atoms with Crippen molar-refractivity contribution in [3.05, 3.63) is 16.1 Å². The molecule has 1 aromatic heterocycles. The lowest BCUT2D eigenvalue weighted by Crippen LogP contribution is -2.30. The minimum absolute atomic E-state index is 0.184. The van der Waals surface area contributed by atoms with Crippen LogP contribution in [0.3, 0.4) is 0 Å². The molecule has 1 aliphatic rings. The number of aryl methyl sites for hydroxylation is 1. The van der Waals surface area contributed by atoms with E-state index in [1.807, 2.05) is 19.4 Å². The summed E-state index contributed by atoms with van der Waals surface area (Å²) in [6.07, 6.45) is 3.11. The van der Waals surface area contributed by atoms with Crippen LogP contribution in [0.2, 0.25) is 0 Å². The van der Waals surface area contributed by atoms with E-state index in [4.69, 9.17) is 0 Å². The molecule has 1 heterocycles. The average molecular weight is 253 g/mol. The molecule has 94 valence electrons. The van der Waals surface area contributed by atoms with Crippen LogP contribution >= 0.6 is 11.3 Å². The number of nitrogens with zero attached hydrogens (tertiary/aromatic N) is 2. The van der Waals surface area contributed by atoms with Gasteiger partial charge in [-0.15, -0.1) is 11.3 Å². The summed E-state index contributed by atoms with van der Waals surface area (Å²) in [5.41, 5.74) is 0.985. The lowest BCUT2D eigenvalue weighted by Gasteiger charge is -2.15. The van der Waals surface area contributed by atoms with Crippen molar-refractivity contribution in [2.24, 2.45) is 0 Å². The van der Waals surface area contributed by atoms with Gasteiger partial charge in [0.05, 0.1) is 17.2 Å². The third-order valence-corrected chi connectivity index (χ3v) is 3.66.